The predicted molar refractivity (Wildman–Crippen MR) is 114 cm³/mol. The Balaban J connectivity index is 2.28. The number of rotatable bonds is 6. The highest BCUT2D eigenvalue weighted by atomic mass is 19.4. The number of aromatic nitrogens is 1. The average Bonchev–Trinajstić information content (AvgIpc) is 2.68. The third-order valence-electron chi connectivity index (χ3n) is 4.09. The molecule has 0 atom stereocenters. The quantitative estimate of drug-likeness (QED) is 0.359. The second-order valence-electron chi connectivity index (χ2n) is 6.46. The fourth-order valence-electron chi connectivity index (χ4n) is 2.37. The zero-order valence-corrected chi connectivity index (χ0v) is 16.6. The number of amides is 1. The fraction of sp³-hybridized carbons (Fsp3) is 0.136. The van der Waals surface area contributed by atoms with Gasteiger partial charge < -0.3 is 10.6 Å². The average molecular weight is 414 g/mol. The first kappa shape index (κ1) is 22.6. The Morgan fingerprint density at radius 3 is 2.47 bits per heavy atom. The summed E-state index contributed by atoms with van der Waals surface area (Å²) < 4.78 is 38.6. The van der Waals surface area contributed by atoms with Gasteiger partial charge in [-0.15, -0.1) is 0 Å². The zero-order chi connectivity index (χ0) is 22.5. The Bertz CT molecular complexity index is 1040. The van der Waals surface area contributed by atoms with Gasteiger partial charge in [-0.25, -0.2) is 4.99 Å². The number of hydrogen-bond acceptors (Lipinski definition) is 3. The first-order chi connectivity index (χ1) is 14.0. The van der Waals surface area contributed by atoms with Gasteiger partial charge in [0, 0.05) is 29.3 Å². The number of aliphatic imine (C=N–C) groups is 1. The van der Waals surface area contributed by atoms with Crippen molar-refractivity contribution < 1.29 is 18.0 Å². The van der Waals surface area contributed by atoms with Crippen molar-refractivity contribution in [3.8, 4) is 0 Å². The van der Waals surface area contributed by atoms with Gasteiger partial charge in [-0.1, -0.05) is 25.8 Å². The number of amidine groups is 1. The van der Waals surface area contributed by atoms with Crippen molar-refractivity contribution in [3.63, 3.8) is 0 Å². The number of halogens is 3. The van der Waals surface area contributed by atoms with E-state index < -0.39 is 17.6 Å². The van der Waals surface area contributed by atoms with Gasteiger partial charge in [0.2, 0.25) is 0 Å². The van der Waals surface area contributed by atoms with Crippen molar-refractivity contribution in [2.24, 2.45) is 4.99 Å². The van der Waals surface area contributed by atoms with Crippen molar-refractivity contribution in [3.05, 3.63) is 90.4 Å². The molecule has 8 heteroatoms. The monoisotopic (exact) mass is 414 g/mol. The van der Waals surface area contributed by atoms with Crippen LogP contribution in [0.15, 0.2) is 78.6 Å². The number of benzene rings is 1. The minimum atomic E-state index is -4.56. The molecule has 1 aromatic heterocycles. The molecule has 156 valence electrons. The molecule has 1 aromatic carbocycles. The highest BCUT2D eigenvalue weighted by Crippen LogP contribution is 2.29. The van der Waals surface area contributed by atoms with E-state index in [0.29, 0.717) is 34.4 Å². The summed E-state index contributed by atoms with van der Waals surface area (Å²) in [7, 11) is 0. The molecule has 0 aliphatic carbocycles. The van der Waals surface area contributed by atoms with Crippen LogP contribution in [0.5, 0.6) is 0 Å². The van der Waals surface area contributed by atoms with Gasteiger partial charge in [0.05, 0.1) is 5.56 Å². The van der Waals surface area contributed by atoms with Gasteiger partial charge in [-0.2, -0.15) is 13.2 Å². The molecule has 0 fully saturated rings. The number of anilines is 2. The lowest BCUT2D eigenvalue weighted by Crippen LogP contribution is -2.17. The number of carbonyl (C=O) groups excluding carboxylic acids is 1. The predicted octanol–water partition coefficient (Wildman–Crippen LogP) is 5.75. The topological polar surface area (TPSA) is 66.4 Å². The van der Waals surface area contributed by atoms with Gasteiger partial charge >= 0.3 is 6.18 Å². The van der Waals surface area contributed by atoms with Crippen LogP contribution in [0.3, 0.4) is 0 Å². The Hall–Kier alpha value is -3.68. The SMILES string of the molecule is C=CN=C(Nc1cc(NC(=O)c2cc(C(F)(F)F)ccn2)ccc1C)C(=C)C(=C)C. The number of pyridine rings is 1. The first-order valence-corrected chi connectivity index (χ1v) is 8.79. The van der Waals surface area contributed by atoms with Crippen LogP contribution in [-0.2, 0) is 6.18 Å². The lowest BCUT2D eigenvalue weighted by Gasteiger charge is -2.15. The molecule has 1 heterocycles. The Labute approximate surface area is 172 Å². The molecule has 30 heavy (non-hydrogen) atoms. The molecule has 0 aliphatic rings. The maximum absolute atomic E-state index is 12.9. The number of nitrogens with zero attached hydrogens (tertiary/aromatic N) is 2. The number of nitrogens with one attached hydrogen (secondary N) is 2. The van der Waals surface area contributed by atoms with Crippen LogP contribution in [0, 0.1) is 6.92 Å². The molecule has 0 unspecified atom stereocenters. The maximum Gasteiger partial charge on any atom is 0.416 e. The van der Waals surface area contributed by atoms with Crippen LogP contribution in [0.1, 0.15) is 28.5 Å². The summed E-state index contributed by atoms with van der Waals surface area (Å²) in [4.78, 5) is 20.3. The largest absolute Gasteiger partial charge is 0.416 e. The van der Waals surface area contributed by atoms with Gasteiger partial charge in [-0.3, -0.25) is 9.78 Å². The van der Waals surface area contributed by atoms with E-state index in [1.165, 1.54) is 6.20 Å². The lowest BCUT2D eigenvalue weighted by molar-refractivity contribution is -0.137. The van der Waals surface area contributed by atoms with Crippen molar-refractivity contribution in [2.45, 2.75) is 20.0 Å². The van der Waals surface area contributed by atoms with Gasteiger partial charge in [0.1, 0.15) is 11.5 Å². The molecule has 1 amide bonds. The molecule has 2 N–H and O–H groups in total. The molecule has 2 aromatic rings. The second-order valence-corrected chi connectivity index (χ2v) is 6.46. The van der Waals surface area contributed by atoms with Crippen LogP contribution in [0.25, 0.3) is 0 Å². The molecule has 0 bridgehead atoms. The summed E-state index contributed by atoms with van der Waals surface area (Å²) in [5.41, 5.74) is 1.83. The number of aryl methyl sites for hydroxylation is 1. The Morgan fingerprint density at radius 1 is 1.17 bits per heavy atom. The molecular formula is C22H21F3N4O. The fourth-order valence-corrected chi connectivity index (χ4v) is 2.37. The van der Waals surface area contributed by atoms with Crippen LogP contribution < -0.4 is 10.6 Å². The first-order valence-electron chi connectivity index (χ1n) is 8.79. The molecule has 0 radical (unpaired) electrons. The van der Waals surface area contributed by atoms with E-state index in [1.54, 1.807) is 25.1 Å². The molecular weight excluding hydrogens is 393 g/mol. The highest BCUT2D eigenvalue weighted by molar-refractivity contribution is 6.11. The minimum Gasteiger partial charge on any atom is -0.339 e. The van der Waals surface area contributed by atoms with E-state index in [0.717, 1.165) is 17.8 Å². The van der Waals surface area contributed by atoms with E-state index in [4.69, 9.17) is 0 Å². The molecule has 2 rings (SSSR count). The summed E-state index contributed by atoms with van der Waals surface area (Å²) in [6.45, 7) is 15.0. The summed E-state index contributed by atoms with van der Waals surface area (Å²) in [5.74, 6) is -0.328. The number of carbonyl (C=O) groups is 1. The highest BCUT2D eigenvalue weighted by Gasteiger charge is 2.31. The van der Waals surface area contributed by atoms with Crippen LogP contribution >= 0.6 is 0 Å². The van der Waals surface area contributed by atoms with E-state index >= 15 is 0 Å². The van der Waals surface area contributed by atoms with Crippen molar-refractivity contribution in [2.75, 3.05) is 10.6 Å². The molecule has 0 saturated heterocycles. The maximum atomic E-state index is 12.9. The molecule has 0 spiro atoms. The molecule has 0 saturated carbocycles. The third kappa shape index (κ3) is 5.66. The third-order valence-corrected chi connectivity index (χ3v) is 4.09. The summed E-state index contributed by atoms with van der Waals surface area (Å²) >= 11 is 0. The number of hydrogen-bond donors (Lipinski definition) is 2. The normalized spacial score (nSPS) is 11.6. The molecule has 5 nitrogen and oxygen atoms in total. The smallest absolute Gasteiger partial charge is 0.339 e. The van der Waals surface area contributed by atoms with Crippen molar-refractivity contribution >= 4 is 23.1 Å². The Morgan fingerprint density at radius 2 is 1.87 bits per heavy atom. The summed E-state index contributed by atoms with van der Waals surface area (Å²) in [6.07, 6.45) is -2.26. The Kier molecular flexibility index (Phi) is 6.94. The summed E-state index contributed by atoms with van der Waals surface area (Å²) in [5, 5.41) is 5.67. The van der Waals surface area contributed by atoms with Gasteiger partial charge in [0.25, 0.3) is 5.91 Å². The van der Waals surface area contributed by atoms with Crippen molar-refractivity contribution in [1.29, 1.82) is 0 Å². The minimum absolute atomic E-state index is 0.343. The van der Waals surface area contributed by atoms with Crippen LogP contribution in [0.2, 0.25) is 0 Å². The van der Waals surface area contributed by atoms with E-state index in [9.17, 15) is 18.0 Å². The van der Waals surface area contributed by atoms with E-state index in [1.807, 2.05) is 6.92 Å². The zero-order valence-electron chi connectivity index (χ0n) is 16.6. The summed E-state index contributed by atoms with van der Waals surface area (Å²) in [6, 6.07) is 6.51. The second kappa shape index (κ2) is 9.21. The van der Waals surface area contributed by atoms with E-state index in [2.05, 4.69) is 40.3 Å². The molecule has 0 aliphatic heterocycles. The van der Waals surface area contributed by atoms with Crippen LogP contribution in [0.4, 0.5) is 24.5 Å². The number of alkyl halides is 3. The van der Waals surface area contributed by atoms with Gasteiger partial charge in [-0.05, 0) is 49.2 Å². The lowest BCUT2D eigenvalue weighted by atomic mass is 10.1. The van der Waals surface area contributed by atoms with Gasteiger partial charge in [0.15, 0.2) is 0 Å². The van der Waals surface area contributed by atoms with E-state index in [-0.39, 0.29) is 5.69 Å². The standard InChI is InChI=1S/C22H21F3N4O/c1-6-26-20(15(5)13(2)3)29-18-12-17(8-7-14(18)4)28-21(30)19-11-16(9-10-27-19)22(23,24)25/h6-12H,1-2,5H2,3-4H3,(H,26,29)(H,28,30). The van der Waals surface area contributed by atoms with Crippen LogP contribution in [-0.4, -0.2) is 16.7 Å². The van der Waals surface area contributed by atoms with Crippen molar-refractivity contribution in [1.82, 2.24) is 4.98 Å².